The van der Waals surface area contributed by atoms with E-state index in [0.717, 1.165) is 25.3 Å². The fraction of sp³-hybridized carbons (Fsp3) is 0.611. The third kappa shape index (κ3) is 7.24. The van der Waals surface area contributed by atoms with E-state index < -0.39 is 0 Å². The molecule has 1 aromatic heterocycles. The van der Waals surface area contributed by atoms with Gasteiger partial charge in [0, 0.05) is 38.4 Å². The third-order valence-corrected chi connectivity index (χ3v) is 4.68. The molecule has 1 aliphatic heterocycles. The Labute approximate surface area is 176 Å². The van der Waals surface area contributed by atoms with Crippen molar-refractivity contribution in [3.8, 4) is 0 Å². The number of likely N-dealkylation sites (tertiary alicyclic amines) is 1. The van der Waals surface area contributed by atoms with Crippen molar-refractivity contribution < 1.29 is 9.53 Å². The second-order valence-electron chi connectivity index (χ2n) is 6.28. The van der Waals surface area contributed by atoms with Crippen molar-refractivity contribution in [2.24, 2.45) is 4.99 Å². The molecule has 0 saturated carbocycles. The van der Waals surface area contributed by atoms with Crippen LogP contribution in [0.3, 0.4) is 0 Å². The molecular weight excluding hydrogens is 403 g/mol. The minimum atomic E-state index is -0.234. The number of hydrogen-bond donors (Lipinski definition) is 3. The summed E-state index contributed by atoms with van der Waals surface area (Å²) >= 11 is 11.9. The second-order valence-corrected chi connectivity index (χ2v) is 7.12. The monoisotopic (exact) mass is 430 g/mol. The number of piperidine rings is 1. The molecular formula is C18H28Cl2N6O2. The molecule has 0 radical (unpaired) electrons. The van der Waals surface area contributed by atoms with Gasteiger partial charge in [0.2, 0.25) is 0 Å². The van der Waals surface area contributed by atoms with Gasteiger partial charge in [-0.1, -0.05) is 23.2 Å². The molecule has 1 amide bonds. The summed E-state index contributed by atoms with van der Waals surface area (Å²) in [6, 6.07) is 1.92. The van der Waals surface area contributed by atoms with E-state index in [4.69, 9.17) is 27.9 Å². The Morgan fingerprint density at radius 1 is 1.36 bits per heavy atom. The predicted octanol–water partition coefficient (Wildman–Crippen LogP) is 2.98. The van der Waals surface area contributed by atoms with E-state index in [2.05, 4.69) is 25.9 Å². The zero-order valence-electron chi connectivity index (χ0n) is 16.3. The van der Waals surface area contributed by atoms with E-state index in [0.29, 0.717) is 48.6 Å². The van der Waals surface area contributed by atoms with E-state index in [1.165, 1.54) is 0 Å². The molecule has 8 nitrogen and oxygen atoms in total. The zero-order chi connectivity index (χ0) is 20.4. The van der Waals surface area contributed by atoms with Crippen LogP contribution in [0.25, 0.3) is 0 Å². The van der Waals surface area contributed by atoms with Crippen LogP contribution >= 0.6 is 23.2 Å². The molecule has 156 valence electrons. The van der Waals surface area contributed by atoms with Crippen molar-refractivity contribution >= 4 is 41.1 Å². The van der Waals surface area contributed by atoms with E-state index >= 15 is 0 Å². The topological polar surface area (TPSA) is 90.9 Å². The number of halogens is 2. The third-order valence-electron chi connectivity index (χ3n) is 4.19. The average molecular weight is 431 g/mol. The summed E-state index contributed by atoms with van der Waals surface area (Å²) in [6.07, 6.45) is 3.02. The molecule has 10 heteroatoms. The number of carbonyl (C=O) groups is 1. The van der Waals surface area contributed by atoms with Crippen LogP contribution in [-0.4, -0.2) is 67.3 Å². The van der Waals surface area contributed by atoms with Crippen molar-refractivity contribution in [3.05, 3.63) is 22.3 Å². The Morgan fingerprint density at radius 2 is 2.11 bits per heavy atom. The van der Waals surface area contributed by atoms with Crippen molar-refractivity contribution in [3.63, 3.8) is 0 Å². The molecule has 0 unspecified atom stereocenters. The van der Waals surface area contributed by atoms with Gasteiger partial charge in [0.05, 0.1) is 23.2 Å². The molecule has 1 fully saturated rings. The fourth-order valence-electron chi connectivity index (χ4n) is 2.82. The standard InChI is InChI=1S/C18H28Cl2N6O2/c1-3-21-17(23-8-7-22-16-15(20)11-13(19)12-24-16)25-14-5-9-26(10-6-14)18(27)28-4-2/h11-12,14H,3-10H2,1-2H3,(H,22,24)(H2,21,23,25). The Kier molecular flexibility index (Phi) is 9.43. The van der Waals surface area contributed by atoms with Crippen LogP contribution in [-0.2, 0) is 4.74 Å². The van der Waals surface area contributed by atoms with Gasteiger partial charge in [-0.15, -0.1) is 0 Å². The number of nitrogens with one attached hydrogen (secondary N) is 3. The van der Waals surface area contributed by atoms with Crippen LogP contribution in [0.5, 0.6) is 0 Å². The molecule has 2 heterocycles. The highest BCUT2D eigenvalue weighted by atomic mass is 35.5. The first kappa shape index (κ1) is 22.4. The molecule has 28 heavy (non-hydrogen) atoms. The highest BCUT2D eigenvalue weighted by Crippen LogP contribution is 2.22. The maximum Gasteiger partial charge on any atom is 0.409 e. The number of carbonyl (C=O) groups excluding carboxylic acids is 1. The lowest BCUT2D eigenvalue weighted by Gasteiger charge is -2.32. The highest BCUT2D eigenvalue weighted by molar-refractivity contribution is 6.35. The first-order valence-electron chi connectivity index (χ1n) is 9.55. The SMILES string of the molecule is CCNC(=NCCNc1ncc(Cl)cc1Cl)NC1CCN(C(=O)OCC)CC1. The van der Waals surface area contributed by atoms with Gasteiger partial charge >= 0.3 is 6.09 Å². The van der Waals surface area contributed by atoms with E-state index in [1.54, 1.807) is 17.2 Å². The Hall–Kier alpha value is -1.93. The number of amides is 1. The fourth-order valence-corrected chi connectivity index (χ4v) is 3.27. The first-order chi connectivity index (χ1) is 13.5. The summed E-state index contributed by atoms with van der Waals surface area (Å²) in [5.74, 6) is 1.35. The van der Waals surface area contributed by atoms with Gasteiger partial charge in [-0.05, 0) is 32.8 Å². The summed E-state index contributed by atoms with van der Waals surface area (Å²) in [7, 11) is 0. The van der Waals surface area contributed by atoms with Crippen LogP contribution in [0, 0.1) is 0 Å². The van der Waals surface area contributed by atoms with Gasteiger partial charge in [0.1, 0.15) is 5.82 Å². The maximum absolute atomic E-state index is 11.8. The lowest BCUT2D eigenvalue weighted by Crippen LogP contribution is -2.50. The first-order valence-corrected chi connectivity index (χ1v) is 10.3. The number of nitrogens with zero attached hydrogens (tertiary/aromatic N) is 3. The molecule has 1 aromatic rings. The maximum atomic E-state index is 11.8. The van der Waals surface area contributed by atoms with E-state index in [1.807, 2.05) is 13.8 Å². The van der Waals surface area contributed by atoms with Crippen LogP contribution in [0.15, 0.2) is 17.3 Å². The van der Waals surface area contributed by atoms with Gasteiger partial charge in [0.15, 0.2) is 5.96 Å². The summed E-state index contributed by atoms with van der Waals surface area (Å²) in [5, 5.41) is 10.8. The quantitative estimate of drug-likeness (QED) is 0.349. The molecule has 0 atom stereocenters. The van der Waals surface area contributed by atoms with Gasteiger partial charge in [-0.3, -0.25) is 4.99 Å². The molecule has 2 rings (SSSR count). The van der Waals surface area contributed by atoms with Crippen molar-refractivity contribution in [1.82, 2.24) is 20.5 Å². The Bertz CT molecular complexity index is 665. The van der Waals surface area contributed by atoms with Gasteiger partial charge in [-0.2, -0.15) is 0 Å². The van der Waals surface area contributed by atoms with Crippen molar-refractivity contribution in [1.29, 1.82) is 0 Å². The zero-order valence-corrected chi connectivity index (χ0v) is 17.8. The minimum absolute atomic E-state index is 0.234. The summed E-state index contributed by atoms with van der Waals surface area (Å²) in [4.78, 5) is 22.3. The Morgan fingerprint density at radius 3 is 2.75 bits per heavy atom. The number of anilines is 1. The lowest BCUT2D eigenvalue weighted by molar-refractivity contribution is 0.0963. The number of hydrogen-bond acceptors (Lipinski definition) is 5. The number of rotatable bonds is 7. The molecule has 3 N–H and O–H groups in total. The number of ether oxygens (including phenoxy) is 1. The van der Waals surface area contributed by atoms with Gasteiger partial charge < -0.3 is 25.6 Å². The number of guanidine groups is 1. The minimum Gasteiger partial charge on any atom is -0.450 e. The predicted molar refractivity (Wildman–Crippen MR) is 113 cm³/mol. The van der Waals surface area contributed by atoms with Crippen LogP contribution in [0.4, 0.5) is 10.6 Å². The van der Waals surface area contributed by atoms with Crippen LogP contribution in [0.2, 0.25) is 10.0 Å². The van der Waals surface area contributed by atoms with Crippen LogP contribution in [0.1, 0.15) is 26.7 Å². The molecule has 0 aliphatic carbocycles. The molecule has 0 spiro atoms. The van der Waals surface area contributed by atoms with Crippen molar-refractivity contribution in [2.45, 2.75) is 32.7 Å². The summed E-state index contributed by atoms with van der Waals surface area (Å²) in [5.41, 5.74) is 0. The van der Waals surface area contributed by atoms with Gasteiger partial charge in [-0.25, -0.2) is 9.78 Å². The molecule has 0 aromatic carbocycles. The van der Waals surface area contributed by atoms with E-state index in [-0.39, 0.29) is 12.1 Å². The molecule has 0 bridgehead atoms. The highest BCUT2D eigenvalue weighted by Gasteiger charge is 2.23. The smallest absolute Gasteiger partial charge is 0.409 e. The number of aliphatic imine (C=N–C) groups is 1. The van der Waals surface area contributed by atoms with Gasteiger partial charge in [0.25, 0.3) is 0 Å². The largest absolute Gasteiger partial charge is 0.450 e. The lowest BCUT2D eigenvalue weighted by atomic mass is 10.1. The van der Waals surface area contributed by atoms with Crippen molar-refractivity contribution in [2.75, 3.05) is 44.6 Å². The molecule has 1 saturated heterocycles. The second kappa shape index (κ2) is 11.8. The average Bonchev–Trinajstić information content (AvgIpc) is 2.67. The normalized spacial score (nSPS) is 15.3. The Balaban J connectivity index is 1.78. The summed E-state index contributed by atoms with van der Waals surface area (Å²) < 4.78 is 5.05. The number of pyridine rings is 1. The summed E-state index contributed by atoms with van der Waals surface area (Å²) in [6.45, 7) is 7.51. The number of aromatic nitrogens is 1. The van der Waals surface area contributed by atoms with Crippen LogP contribution < -0.4 is 16.0 Å². The van der Waals surface area contributed by atoms with E-state index in [9.17, 15) is 4.79 Å². The molecule has 1 aliphatic rings.